The first-order valence-corrected chi connectivity index (χ1v) is 9.76. The Bertz CT molecular complexity index is 1170. The van der Waals surface area contributed by atoms with E-state index in [-0.39, 0.29) is 0 Å². The Morgan fingerprint density at radius 2 is 2.03 bits per heavy atom. The normalized spacial score (nSPS) is 14.1. The maximum atomic E-state index is 5.80. The fraction of sp³-hybridized carbons (Fsp3) is 0.217. The predicted molar refractivity (Wildman–Crippen MR) is 115 cm³/mol. The highest BCUT2D eigenvalue weighted by atomic mass is 16.5. The first-order chi connectivity index (χ1) is 14.2. The number of rotatable bonds is 4. The van der Waals surface area contributed by atoms with E-state index in [1.54, 1.807) is 7.11 Å². The molecule has 0 spiro atoms. The lowest BCUT2D eigenvalue weighted by Gasteiger charge is -2.27. The monoisotopic (exact) mass is 385 g/mol. The van der Waals surface area contributed by atoms with Gasteiger partial charge < -0.3 is 15.5 Å². The minimum absolute atomic E-state index is 0.744. The van der Waals surface area contributed by atoms with Gasteiger partial charge in [0, 0.05) is 54.2 Å². The number of ether oxygens (including phenoxy) is 1. The van der Waals surface area contributed by atoms with E-state index in [0.29, 0.717) is 0 Å². The highest BCUT2D eigenvalue weighted by Crippen LogP contribution is 2.27. The number of H-pyrrole nitrogens is 1. The third-order valence-electron chi connectivity index (χ3n) is 5.56. The molecule has 6 nitrogen and oxygen atoms in total. The fourth-order valence-electron chi connectivity index (χ4n) is 3.92. The van der Waals surface area contributed by atoms with Crippen LogP contribution in [0.25, 0.3) is 22.3 Å². The van der Waals surface area contributed by atoms with Crippen LogP contribution in [0.2, 0.25) is 0 Å². The molecule has 29 heavy (non-hydrogen) atoms. The van der Waals surface area contributed by atoms with Crippen LogP contribution in [0.1, 0.15) is 16.8 Å². The van der Waals surface area contributed by atoms with Gasteiger partial charge in [-0.2, -0.15) is 0 Å². The third kappa shape index (κ3) is 3.43. The second-order valence-electron chi connectivity index (χ2n) is 7.47. The predicted octanol–water partition coefficient (Wildman–Crippen LogP) is 3.77. The van der Waals surface area contributed by atoms with Crippen LogP contribution < -0.4 is 10.5 Å². The Hall–Kier alpha value is -3.38. The maximum Gasteiger partial charge on any atom is 0.159 e. The molecule has 0 radical (unpaired) electrons. The molecular weight excluding hydrogens is 362 g/mol. The summed E-state index contributed by atoms with van der Waals surface area (Å²) in [5.74, 6) is 1.63. The van der Waals surface area contributed by atoms with Gasteiger partial charge in [0.2, 0.25) is 0 Å². The molecule has 0 amide bonds. The Balaban J connectivity index is 1.39. The summed E-state index contributed by atoms with van der Waals surface area (Å²) >= 11 is 0. The Morgan fingerprint density at radius 3 is 2.86 bits per heavy atom. The van der Waals surface area contributed by atoms with Gasteiger partial charge in [0.25, 0.3) is 0 Å². The molecule has 0 fully saturated rings. The van der Waals surface area contributed by atoms with Crippen molar-refractivity contribution in [1.29, 1.82) is 0 Å². The summed E-state index contributed by atoms with van der Waals surface area (Å²) in [5, 5.41) is 1.21. The molecule has 0 bridgehead atoms. The molecule has 5 rings (SSSR count). The number of aromatic amines is 1. The highest BCUT2D eigenvalue weighted by molar-refractivity contribution is 5.84. The number of hydrogen-bond acceptors (Lipinski definition) is 5. The lowest BCUT2D eigenvalue weighted by atomic mass is 10.0. The van der Waals surface area contributed by atoms with Crippen molar-refractivity contribution in [3.8, 4) is 17.1 Å². The SMILES string of the molecule is COc1ccc2[nH]cc(CN3CCc4cnc(-c5ccc(N)cc5)nc4C3)c2c1. The van der Waals surface area contributed by atoms with E-state index < -0.39 is 0 Å². The zero-order valence-electron chi connectivity index (χ0n) is 16.4. The van der Waals surface area contributed by atoms with E-state index >= 15 is 0 Å². The zero-order chi connectivity index (χ0) is 19.8. The van der Waals surface area contributed by atoms with Crippen LogP contribution in [-0.2, 0) is 19.5 Å². The third-order valence-corrected chi connectivity index (χ3v) is 5.56. The van der Waals surface area contributed by atoms with Crippen molar-refractivity contribution in [3.05, 3.63) is 71.7 Å². The highest BCUT2D eigenvalue weighted by Gasteiger charge is 2.20. The van der Waals surface area contributed by atoms with E-state index in [4.69, 9.17) is 15.5 Å². The van der Waals surface area contributed by atoms with E-state index in [1.807, 2.05) is 36.5 Å². The number of benzene rings is 2. The van der Waals surface area contributed by atoms with Gasteiger partial charge in [0.15, 0.2) is 5.82 Å². The van der Waals surface area contributed by atoms with Crippen LogP contribution in [0.5, 0.6) is 5.75 Å². The topological polar surface area (TPSA) is 80.1 Å². The lowest BCUT2D eigenvalue weighted by molar-refractivity contribution is 0.242. The van der Waals surface area contributed by atoms with Crippen LogP contribution in [0.15, 0.2) is 54.9 Å². The number of nitrogens with one attached hydrogen (secondary N) is 1. The Labute approximate surface area is 169 Å². The molecular formula is C23H23N5O. The number of nitrogens with two attached hydrogens (primary N) is 1. The molecule has 4 aromatic rings. The number of nitrogens with zero attached hydrogens (tertiary/aromatic N) is 3. The van der Waals surface area contributed by atoms with Gasteiger partial charge in [-0.1, -0.05) is 0 Å². The van der Waals surface area contributed by atoms with E-state index in [9.17, 15) is 0 Å². The largest absolute Gasteiger partial charge is 0.497 e. The minimum Gasteiger partial charge on any atom is -0.497 e. The molecule has 3 heterocycles. The van der Waals surface area contributed by atoms with E-state index in [0.717, 1.165) is 60.1 Å². The number of fused-ring (bicyclic) bond motifs is 2. The minimum atomic E-state index is 0.744. The molecule has 0 saturated heterocycles. The number of nitrogen functional groups attached to an aromatic ring is 1. The van der Waals surface area contributed by atoms with Gasteiger partial charge in [-0.05, 0) is 60.0 Å². The van der Waals surface area contributed by atoms with Crippen molar-refractivity contribution in [2.75, 3.05) is 19.4 Å². The summed E-state index contributed by atoms with van der Waals surface area (Å²) in [5.41, 5.74) is 12.3. The van der Waals surface area contributed by atoms with Gasteiger partial charge in [0.05, 0.1) is 12.8 Å². The van der Waals surface area contributed by atoms with Crippen molar-refractivity contribution in [2.45, 2.75) is 19.5 Å². The van der Waals surface area contributed by atoms with Crippen LogP contribution in [0.3, 0.4) is 0 Å². The Morgan fingerprint density at radius 1 is 1.17 bits per heavy atom. The van der Waals surface area contributed by atoms with Crippen LogP contribution >= 0.6 is 0 Å². The van der Waals surface area contributed by atoms with Gasteiger partial charge in [-0.15, -0.1) is 0 Å². The molecule has 2 aromatic heterocycles. The van der Waals surface area contributed by atoms with Crippen LogP contribution in [0.4, 0.5) is 5.69 Å². The second kappa shape index (κ2) is 7.22. The summed E-state index contributed by atoms with van der Waals surface area (Å²) < 4.78 is 5.39. The van der Waals surface area contributed by atoms with Crippen molar-refractivity contribution in [2.24, 2.45) is 0 Å². The second-order valence-corrected chi connectivity index (χ2v) is 7.47. The number of methoxy groups -OCH3 is 1. The fourth-order valence-corrected chi connectivity index (χ4v) is 3.92. The van der Waals surface area contributed by atoms with E-state index in [2.05, 4.69) is 33.2 Å². The van der Waals surface area contributed by atoms with Gasteiger partial charge >= 0.3 is 0 Å². The molecule has 2 aromatic carbocycles. The smallest absolute Gasteiger partial charge is 0.159 e. The Kier molecular flexibility index (Phi) is 4.41. The number of aromatic nitrogens is 3. The van der Waals surface area contributed by atoms with Crippen molar-refractivity contribution in [1.82, 2.24) is 19.9 Å². The molecule has 0 atom stereocenters. The molecule has 6 heteroatoms. The van der Waals surface area contributed by atoms with Crippen molar-refractivity contribution in [3.63, 3.8) is 0 Å². The van der Waals surface area contributed by atoms with Gasteiger partial charge in [-0.3, -0.25) is 4.90 Å². The van der Waals surface area contributed by atoms with Crippen LogP contribution in [0, 0.1) is 0 Å². The summed E-state index contributed by atoms with van der Waals surface area (Å²) in [6.07, 6.45) is 5.03. The average molecular weight is 385 g/mol. The molecule has 1 aliphatic heterocycles. The maximum absolute atomic E-state index is 5.80. The standard InChI is InChI=1S/C23H23N5O/c1-29-19-6-7-21-20(10-19)17(12-25-21)13-28-9-8-16-11-26-23(27-22(16)14-28)15-2-4-18(24)5-3-15/h2-7,10-12,25H,8-9,13-14,24H2,1H3. The molecule has 0 unspecified atom stereocenters. The number of hydrogen-bond donors (Lipinski definition) is 2. The summed E-state index contributed by atoms with van der Waals surface area (Å²) in [4.78, 5) is 15.2. The molecule has 0 aliphatic carbocycles. The number of anilines is 1. The molecule has 146 valence electrons. The quantitative estimate of drug-likeness (QED) is 0.523. The van der Waals surface area contributed by atoms with Gasteiger partial charge in [0.1, 0.15) is 5.75 Å². The first-order valence-electron chi connectivity index (χ1n) is 9.76. The van der Waals surface area contributed by atoms with Crippen molar-refractivity contribution >= 4 is 16.6 Å². The summed E-state index contributed by atoms with van der Waals surface area (Å²) in [6, 6.07) is 13.9. The van der Waals surface area contributed by atoms with Gasteiger partial charge in [-0.25, -0.2) is 9.97 Å². The van der Waals surface area contributed by atoms with E-state index in [1.165, 1.54) is 16.5 Å². The summed E-state index contributed by atoms with van der Waals surface area (Å²) in [6.45, 7) is 2.68. The average Bonchev–Trinajstić information content (AvgIpc) is 3.15. The summed E-state index contributed by atoms with van der Waals surface area (Å²) in [7, 11) is 1.70. The zero-order valence-corrected chi connectivity index (χ0v) is 16.4. The molecule has 1 aliphatic rings. The molecule has 3 N–H and O–H groups in total. The lowest BCUT2D eigenvalue weighted by Crippen LogP contribution is -2.31. The van der Waals surface area contributed by atoms with Crippen LogP contribution in [-0.4, -0.2) is 33.5 Å². The molecule has 0 saturated carbocycles. The first kappa shape index (κ1) is 17.7. The van der Waals surface area contributed by atoms with Crippen molar-refractivity contribution < 1.29 is 4.74 Å².